The molecule has 0 aromatic heterocycles. The van der Waals surface area contributed by atoms with Gasteiger partial charge in [0.25, 0.3) is 0 Å². The number of carbonyl (C=O) groups is 2. The molecule has 1 atom stereocenters. The molecule has 6 heteroatoms. The number of thioether (sulfide) groups is 1. The summed E-state index contributed by atoms with van der Waals surface area (Å²) in [7, 11) is 1.38. The highest BCUT2D eigenvalue weighted by Gasteiger charge is 2.11. The number of carbonyl (C=O) groups excluding carboxylic acids is 2. The van der Waals surface area contributed by atoms with Gasteiger partial charge in [0.15, 0.2) is 0 Å². The molecular formula is C20H24N2O3S. The quantitative estimate of drug-likeness (QED) is 0.712. The van der Waals surface area contributed by atoms with Crippen molar-refractivity contribution in [2.45, 2.75) is 25.6 Å². The number of nitrogens with one attached hydrogen (secondary N) is 2. The fraction of sp³-hybridized carbons (Fsp3) is 0.300. The Hall–Kier alpha value is -2.47. The van der Waals surface area contributed by atoms with Crippen molar-refractivity contribution < 1.29 is 14.3 Å². The molecule has 0 heterocycles. The summed E-state index contributed by atoms with van der Waals surface area (Å²) < 4.78 is 4.62. The molecule has 0 radical (unpaired) electrons. The number of hydrogen-bond acceptors (Lipinski definition) is 4. The molecule has 2 N–H and O–H groups in total. The molecule has 0 aliphatic heterocycles. The Morgan fingerprint density at radius 2 is 1.92 bits per heavy atom. The number of benzene rings is 2. The third kappa shape index (κ3) is 6.11. The van der Waals surface area contributed by atoms with E-state index >= 15 is 0 Å². The van der Waals surface area contributed by atoms with E-state index in [4.69, 9.17) is 0 Å². The minimum Gasteiger partial charge on any atom is -0.468 e. The third-order valence-electron chi connectivity index (χ3n) is 3.90. The summed E-state index contributed by atoms with van der Waals surface area (Å²) in [4.78, 5) is 23.4. The number of esters is 1. The highest BCUT2D eigenvalue weighted by atomic mass is 32.2. The Balaban J connectivity index is 1.89. The maximum Gasteiger partial charge on any atom is 0.319 e. The van der Waals surface area contributed by atoms with Crippen LogP contribution < -0.4 is 10.6 Å². The minimum absolute atomic E-state index is 0.0880. The van der Waals surface area contributed by atoms with Gasteiger partial charge in [-0.25, -0.2) is 4.79 Å². The molecule has 0 spiro atoms. The van der Waals surface area contributed by atoms with Crippen LogP contribution in [0.5, 0.6) is 0 Å². The summed E-state index contributed by atoms with van der Waals surface area (Å²) >= 11 is 1.47. The van der Waals surface area contributed by atoms with Crippen molar-refractivity contribution in [3.05, 3.63) is 65.2 Å². The normalized spacial score (nSPS) is 11.5. The van der Waals surface area contributed by atoms with Gasteiger partial charge in [-0.1, -0.05) is 36.4 Å². The van der Waals surface area contributed by atoms with Crippen LogP contribution in [0.2, 0.25) is 0 Å². The van der Waals surface area contributed by atoms with E-state index in [1.54, 1.807) is 0 Å². The number of amides is 2. The van der Waals surface area contributed by atoms with Crippen molar-refractivity contribution >= 4 is 29.4 Å². The highest BCUT2D eigenvalue weighted by molar-refractivity contribution is 7.99. The lowest BCUT2D eigenvalue weighted by molar-refractivity contribution is -0.137. The van der Waals surface area contributed by atoms with Crippen molar-refractivity contribution in [3.63, 3.8) is 0 Å². The Morgan fingerprint density at radius 1 is 1.15 bits per heavy atom. The molecule has 26 heavy (non-hydrogen) atoms. The Kier molecular flexibility index (Phi) is 7.53. The molecule has 0 fully saturated rings. The lowest BCUT2D eigenvalue weighted by atomic mass is 10.0. The van der Waals surface area contributed by atoms with E-state index in [2.05, 4.69) is 15.4 Å². The molecule has 2 rings (SSSR count). The first-order chi connectivity index (χ1) is 12.5. The zero-order valence-corrected chi connectivity index (χ0v) is 16.1. The molecule has 0 bridgehead atoms. The first-order valence-electron chi connectivity index (χ1n) is 8.36. The van der Waals surface area contributed by atoms with Crippen molar-refractivity contribution in [1.29, 1.82) is 0 Å². The first-order valence-corrected chi connectivity index (χ1v) is 9.51. The molecule has 1 unspecified atom stereocenters. The zero-order valence-electron chi connectivity index (χ0n) is 15.2. The topological polar surface area (TPSA) is 67.4 Å². The van der Waals surface area contributed by atoms with Crippen LogP contribution in [0.4, 0.5) is 10.5 Å². The molecule has 2 amide bonds. The van der Waals surface area contributed by atoms with E-state index in [0.29, 0.717) is 11.5 Å². The summed E-state index contributed by atoms with van der Waals surface area (Å²) in [5, 5.41) is 5.82. The molecule has 0 aliphatic rings. The van der Waals surface area contributed by atoms with Gasteiger partial charge in [0, 0.05) is 11.4 Å². The van der Waals surface area contributed by atoms with Crippen LogP contribution in [-0.4, -0.2) is 24.9 Å². The largest absolute Gasteiger partial charge is 0.468 e. The standard InChI is InChI=1S/C20H24N2O3S/c1-14-7-4-5-10-18(14)15(2)21-20(24)22-17-9-6-8-16(11-17)12-26-13-19(23)25-3/h4-11,15H,12-13H2,1-3H3,(H2,21,22,24). The average Bonchev–Trinajstić information content (AvgIpc) is 2.62. The lowest BCUT2D eigenvalue weighted by Gasteiger charge is -2.17. The fourth-order valence-corrected chi connectivity index (χ4v) is 3.37. The van der Waals surface area contributed by atoms with Crippen molar-refractivity contribution in [2.75, 3.05) is 18.2 Å². The van der Waals surface area contributed by atoms with Crippen LogP contribution in [-0.2, 0) is 15.3 Å². The van der Waals surface area contributed by atoms with Gasteiger partial charge in [-0.05, 0) is 42.7 Å². The number of methoxy groups -OCH3 is 1. The SMILES string of the molecule is COC(=O)CSCc1cccc(NC(=O)NC(C)c2ccccc2C)c1. The minimum atomic E-state index is -0.250. The predicted molar refractivity (Wildman–Crippen MR) is 106 cm³/mol. The smallest absolute Gasteiger partial charge is 0.319 e. The van der Waals surface area contributed by atoms with E-state index in [1.807, 2.05) is 62.4 Å². The molecule has 2 aromatic rings. The van der Waals surface area contributed by atoms with Crippen molar-refractivity contribution in [2.24, 2.45) is 0 Å². The van der Waals surface area contributed by atoms with Crippen LogP contribution in [0.1, 0.15) is 29.7 Å². The Morgan fingerprint density at radius 3 is 2.65 bits per heavy atom. The lowest BCUT2D eigenvalue weighted by Crippen LogP contribution is -2.31. The third-order valence-corrected chi connectivity index (χ3v) is 4.88. The van der Waals surface area contributed by atoms with Crippen molar-refractivity contribution in [1.82, 2.24) is 5.32 Å². The van der Waals surface area contributed by atoms with Gasteiger partial charge in [-0.3, -0.25) is 4.79 Å². The second kappa shape index (κ2) is 9.87. The molecule has 5 nitrogen and oxygen atoms in total. The van der Waals surface area contributed by atoms with Gasteiger partial charge in [0.2, 0.25) is 0 Å². The molecule has 138 valence electrons. The van der Waals surface area contributed by atoms with Gasteiger partial charge >= 0.3 is 12.0 Å². The highest BCUT2D eigenvalue weighted by Crippen LogP contribution is 2.19. The predicted octanol–water partition coefficient (Wildman–Crippen LogP) is 4.28. The van der Waals surface area contributed by atoms with E-state index in [-0.39, 0.29) is 18.0 Å². The van der Waals surface area contributed by atoms with Crippen LogP contribution in [0, 0.1) is 6.92 Å². The Bertz CT molecular complexity index is 764. The van der Waals surface area contributed by atoms with E-state index < -0.39 is 0 Å². The number of rotatable bonds is 7. The van der Waals surface area contributed by atoms with Crippen LogP contribution in [0.25, 0.3) is 0 Å². The number of aryl methyl sites for hydroxylation is 1. The summed E-state index contributed by atoms with van der Waals surface area (Å²) in [6.45, 7) is 3.99. The van der Waals surface area contributed by atoms with E-state index in [1.165, 1.54) is 18.9 Å². The number of urea groups is 1. The van der Waals surface area contributed by atoms with Gasteiger partial charge < -0.3 is 15.4 Å². The van der Waals surface area contributed by atoms with Crippen LogP contribution in [0.3, 0.4) is 0 Å². The molecule has 0 aliphatic carbocycles. The van der Waals surface area contributed by atoms with E-state index in [9.17, 15) is 9.59 Å². The van der Waals surface area contributed by atoms with Crippen molar-refractivity contribution in [3.8, 4) is 0 Å². The second-order valence-corrected chi connectivity index (χ2v) is 6.93. The number of ether oxygens (including phenoxy) is 1. The maximum absolute atomic E-state index is 12.3. The van der Waals surface area contributed by atoms with E-state index in [0.717, 1.165) is 22.4 Å². The summed E-state index contributed by atoms with van der Waals surface area (Å²) in [5.41, 5.74) is 3.99. The molecule has 0 saturated heterocycles. The average molecular weight is 372 g/mol. The summed E-state index contributed by atoms with van der Waals surface area (Å²) in [5.74, 6) is 0.739. The Labute approximate surface area is 158 Å². The van der Waals surface area contributed by atoms with Gasteiger partial charge in [-0.2, -0.15) is 0 Å². The van der Waals surface area contributed by atoms with Gasteiger partial charge in [0.1, 0.15) is 0 Å². The maximum atomic E-state index is 12.3. The fourth-order valence-electron chi connectivity index (χ4n) is 2.56. The van der Waals surface area contributed by atoms with Crippen LogP contribution >= 0.6 is 11.8 Å². The van der Waals surface area contributed by atoms with Gasteiger partial charge in [0.05, 0.1) is 18.9 Å². The van der Waals surface area contributed by atoms with Crippen LogP contribution in [0.15, 0.2) is 48.5 Å². The first kappa shape index (κ1) is 19.8. The molecule has 0 saturated carbocycles. The monoisotopic (exact) mass is 372 g/mol. The summed E-state index contributed by atoms with van der Waals surface area (Å²) in [6, 6.07) is 15.2. The number of anilines is 1. The van der Waals surface area contributed by atoms with Gasteiger partial charge in [-0.15, -0.1) is 11.8 Å². The number of hydrogen-bond donors (Lipinski definition) is 2. The molecular weight excluding hydrogens is 348 g/mol. The molecule has 2 aromatic carbocycles. The summed E-state index contributed by atoms with van der Waals surface area (Å²) in [6.07, 6.45) is 0. The zero-order chi connectivity index (χ0) is 18.9. The second-order valence-electron chi connectivity index (χ2n) is 5.95.